The molecule has 3 aromatic rings. The summed E-state index contributed by atoms with van der Waals surface area (Å²) in [5.74, 6) is 0.911. The third-order valence-electron chi connectivity index (χ3n) is 5.13. The van der Waals surface area contributed by atoms with Gasteiger partial charge in [0.25, 0.3) is 0 Å². The van der Waals surface area contributed by atoms with Gasteiger partial charge in [0.1, 0.15) is 12.2 Å². The van der Waals surface area contributed by atoms with Crippen molar-refractivity contribution in [2.45, 2.75) is 31.9 Å². The van der Waals surface area contributed by atoms with Crippen LogP contribution in [0, 0.1) is 12.8 Å². The maximum atomic E-state index is 11.0. The molecule has 154 valence electrons. The van der Waals surface area contributed by atoms with Crippen LogP contribution in [-0.4, -0.2) is 52.2 Å². The molecule has 1 aliphatic carbocycles. The summed E-state index contributed by atoms with van der Waals surface area (Å²) in [4.78, 5) is 16.4. The highest BCUT2D eigenvalue weighted by Gasteiger charge is 2.34. The summed E-state index contributed by atoms with van der Waals surface area (Å²) >= 11 is 0. The predicted octanol–water partition coefficient (Wildman–Crippen LogP) is 1.10. The molecule has 1 aromatic carbocycles. The Labute approximate surface area is 167 Å². The highest BCUT2D eigenvalue weighted by Crippen LogP contribution is 2.31. The standard InChI is InChI=1S/C18H22N6O4S/c1-10-4-2-3-5-13(10)16-23-15-17(20-9-21-18(15)24-16)22-12-6-11(14(25)7-12)8-28-29(19,26)27/h2-5,9,11-12,14,25H,6-8H2,1H3,(H2,19,26,27)(H2,20,21,22,23,24)/t11-,12+,14-/m0/s1. The summed E-state index contributed by atoms with van der Waals surface area (Å²) in [5.41, 5.74) is 3.27. The zero-order chi connectivity index (χ0) is 20.6. The molecule has 0 amide bonds. The first kappa shape index (κ1) is 19.7. The second kappa shape index (κ2) is 7.67. The number of nitrogens with zero attached hydrogens (tertiary/aromatic N) is 3. The minimum absolute atomic E-state index is 0.115. The van der Waals surface area contributed by atoms with Gasteiger partial charge < -0.3 is 15.4 Å². The van der Waals surface area contributed by atoms with E-state index in [9.17, 15) is 13.5 Å². The molecule has 0 saturated heterocycles. The Morgan fingerprint density at radius 1 is 1.31 bits per heavy atom. The van der Waals surface area contributed by atoms with Crippen LogP contribution in [0.15, 0.2) is 30.6 Å². The van der Waals surface area contributed by atoms with E-state index in [1.54, 1.807) is 0 Å². The number of hydrogen-bond acceptors (Lipinski definition) is 8. The fraction of sp³-hybridized carbons (Fsp3) is 0.389. The molecule has 1 saturated carbocycles. The fourth-order valence-electron chi connectivity index (χ4n) is 3.68. The molecule has 0 unspecified atom stereocenters. The average molecular weight is 418 g/mol. The number of aliphatic hydroxyl groups excluding tert-OH is 1. The first-order chi connectivity index (χ1) is 13.8. The molecule has 2 aromatic heterocycles. The van der Waals surface area contributed by atoms with Gasteiger partial charge in [-0.25, -0.2) is 20.1 Å². The second-order valence-electron chi connectivity index (χ2n) is 7.24. The number of aliphatic hydroxyl groups is 1. The van der Waals surface area contributed by atoms with Gasteiger partial charge in [-0.15, -0.1) is 0 Å². The van der Waals surface area contributed by atoms with Crippen LogP contribution < -0.4 is 10.5 Å². The predicted molar refractivity (Wildman–Crippen MR) is 107 cm³/mol. The van der Waals surface area contributed by atoms with E-state index in [-0.39, 0.29) is 18.6 Å². The molecular weight excluding hydrogens is 396 g/mol. The van der Waals surface area contributed by atoms with Gasteiger partial charge in [-0.05, 0) is 25.3 Å². The van der Waals surface area contributed by atoms with Crippen molar-refractivity contribution in [2.24, 2.45) is 11.1 Å². The topological polar surface area (TPSA) is 156 Å². The molecule has 1 fully saturated rings. The van der Waals surface area contributed by atoms with Crippen molar-refractivity contribution in [2.75, 3.05) is 11.9 Å². The van der Waals surface area contributed by atoms with Crippen molar-refractivity contribution in [3.63, 3.8) is 0 Å². The van der Waals surface area contributed by atoms with Crippen LogP contribution in [0.25, 0.3) is 22.6 Å². The lowest BCUT2D eigenvalue weighted by molar-refractivity contribution is 0.101. The van der Waals surface area contributed by atoms with Crippen molar-refractivity contribution >= 4 is 27.3 Å². The Morgan fingerprint density at radius 3 is 2.86 bits per heavy atom. The second-order valence-corrected chi connectivity index (χ2v) is 8.46. The number of hydrogen-bond donors (Lipinski definition) is 4. The first-order valence-electron chi connectivity index (χ1n) is 9.18. The third kappa shape index (κ3) is 4.37. The van der Waals surface area contributed by atoms with Crippen LogP contribution in [0.4, 0.5) is 5.82 Å². The molecule has 29 heavy (non-hydrogen) atoms. The molecule has 0 aliphatic heterocycles. The molecule has 0 spiro atoms. The SMILES string of the molecule is Cc1ccccc1-c1nc2c(N[C@@H]3C[C@@H](COS(N)(=O)=O)[C@@H](O)C3)ncnc2[nH]1. The van der Waals surface area contributed by atoms with Gasteiger partial charge in [0.15, 0.2) is 17.0 Å². The minimum Gasteiger partial charge on any atom is -0.393 e. The molecule has 1 aliphatic rings. The maximum absolute atomic E-state index is 11.0. The maximum Gasteiger partial charge on any atom is 0.333 e. The summed E-state index contributed by atoms with van der Waals surface area (Å²) < 4.78 is 26.6. The lowest BCUT2D eigenvalue weighted by Gasteiger charge is -2.13. The van der Waals surface area contributed by atoms with Crippen molar-refractivity contribution in [3.8, 4) is 11.4 Å². The van der Waals surface area contributed by atoms with Gasteiger partial charge in [0.05, 0.1) is 12.7 Å². The largest absolute Gasteiger partial charge is 0.393 e. The molecule has 4 rings (SSSR count). The Kier molecular flexibility index (Phi) is 5.21. The van der Waals surface area contributed by atoms with Crippen LogP contribution in [0.1, 0.15) is 18.4 Å². The monoisotopic (exact) mass is 418 g/mol. The molecule has 10 nitrogen and oxygen atoms in total. The first-order valence-corrected chi connectivity index (χ1v) is 10.7. The Morgan fingerprint density at radius 2 is 2.10 bits per heavy atom. The number of benzene rings is 1. The minimum atomic E-state index is -4.03. The van der Waals surface area contributed by atoms with Crippen LogP contribution in [0.5, 0.6) is 0 Å². The van der Waals surface area contributed by atoms with E-state index in [1.165, 1.54) is 6.33 Å². The van der Waals surface area contributed by atoms with Gasteiger partial charge in [-0.1, -0.05) is 24.3 Å². The number of aromatic amines is 1. The zero-order valence-electron chi connectivity index (χ0n) is 15.7. The Bertz CT molecular complexity index is 1130. The van der Waals surface area contributed by atoms with E-state index in [1.807, 2.05) is 31.2 Å². The van der Waals surface area contributed by atoms with Crippen LogP contribution >= 0.6 is 0 Å². The Balaban J connectivity index is 1.54. The van der Waals surface area contributed by atoms with E-state index in [4.69, 9.17) is 5.14 Å². The van der Waals surface area contributed by atoms with Crippen molar-refractivity contribution < 1.29 is 17.7 Å². The van der Waals surface area contributed by atoms with Gasteiger partial charge in [0.2, 0.25) is 0 Å². The number of nitrogens with two attached hydrogens (primary N) is 1. The van der Waals surface area contributed by atoms with Crippen molar-refractivity contribution in [1.29, 1.82) is 0 Å². The van der Waals surface area contributed by atoms with E-state index in [0.29, 0.717) is 35.6 Å². The number of rotatable bonds is 6. The number of aromatic nitrogens is 4. The van der Waals surface area contributed by atoms with Gasteiger partial charge >= 0.3 is 10.3 Å². The summed E-state index contributed by atoms with van der Waals surface area (Å²) in [6.07, 6.45) is 1.68. The van der Waals surface area contributed by atoms with E-state index >= 15 is 0 Å². The van der Waals surface area contributed by atoms with Crippen molar-refractivity contribution in [3.05, 3.63) is 36.2 Å². The number of aryl methyl sites for hydroxylation is 1. The normalized spacial score (nSPS) is 22.2. The van der Waals surface area contributed by atoms with Crippen LogP contribution in [-0.2, 0) is 14.5 Å². The highest BCUT2D eigenvalue weighted by molar-refractivity contribution is 7.84. The Hall–Kier alpha value is -2.60. The van der Waals surface area contributed by atoms with Gasteiger partial charge in [-0.2, -0.15) is 8.42 Å². The zero-order valence-corrected chi connectivity index (χ0v) is 16.6. The summed E-state index contributed by atoms with van der Waals surface area (Å²) in [6, 6.07) is 7.80. The molecule has 3 atom stereocenters. The van der Waals surface area contributed by atoms with E-state index in [0.717, 1.165) is 11.1 Å². The highest BCUT2D eigenvalue weighted by atomic mass is 32.2. The van der Waals surface area contributed by atoms with E-state index < -0.39 is 16.4 Å². The van der Waals surface area contributed by atoms with Gasteiger partial charge in [0, 0.05) is 17.5 Å². The number of H-pyrrole nitrogens is 1. The molecule has 2 heterocycles. The van der Waals surface area contributed by atoms with Crippen LogP contribution in [0.3, 0.4) is 0 Å². The lowest BCUT2D eigenvalue weighted by atomic mass is 10.1. The summed E-state index contributed by atoms with van der Waals surface area (Å²) in [6.45, 7) is 1.86. The van der Waals surface area contributed by atoms with E-state index in [2.05, 4.69) is 29.4 Å². The number of nitrogens with one attached hydrogen (secondary N) is 2. The summed E-state index contributed by atoms with van der Waals surface area (Å²) in [7, 11) is -4.03. The number of imidazole rings is 1. The molecule has 0 bridgehead atoms. The quantitative estimate of drug-likeness (QED) is 0.463. The number of fused-ring (bicyclic) bond motifs is 1. The molecule has 5 N–H and O–H groups in total. The lowest BCUT2D eigenvalue weighted by Crippen LogP contribution is -2.24. The fourth-order valence-corrected chi connectivity index (χ4v) is 4.04. The molecule has 11 heteroatoms. The third-order valence-corrected chi connectivity index (χ3v) is 5.59. The van der Waals surface area contributed by atoms with Gasteiger partial charge in [-0.3, -0.25) is 4.18 Å². The molecular formula is C18H22N6O4S. The summed E-state index contributed by atoms with van der Waals surface area (Å²) in [5, 5.41) is 18.4. The smallest absolute Gasteiger partial charge is 0.333 e. The molecule has 0 radical (unpaired) electrons. The average Bonchev–Trinajstić information content (AvgIpc) is 3.24. The van der Waals surface area contributed by atoms with Crippen LogP contribution in [0.2, 0.25) is 0 Å². The number of anilines is 1. The van der Waals surface area contributed by atoms with Crippen molar-refractivity contribution in [1.82, 2.24) is 19.9 Å².